The molecule has 0 radical (unpaired) electrons. The van der Waals surface area contributed by atoms with Gasteiger partial charge in [0.2, 0.25) is 10.0 Å². The van der Waals surface area contributed by atoms with Crippen molar-refractivity contribution in [3.8, 4) is 17.0 Å². The number of aromatic nitrogens is 2. The molecule has 0 aliphatic heterocycles. The number of nitrogens with zero attached hydrogens (tertiary/aromatic N) is 2. The third-order valence-corrected chi connectivity index (χ3v) is 4.80. The zero-order valence-electron chi connectivity index (χ0n) is 12.8. The van der Waals surface area contributed by atoms with E-state index in [2.05, 4.69) is 14.7 Å². The standard InChI is InChI=1S/C16H15N3O4S/c1-22-14-4-2-3-5-15(14)24(20,21)19-10-13-16(18-8-7-17-13)12-6-9-23-11-12/h2-9,11,19H,10H2,1H3. The quantitative estimate of drug-likeness (QED) is 0.736. The topological polar surface area (TPSA) is 94.3 Å². The monoisotopic (exact) mass is 345 g/mol. The molecule has 0 bridgehead atoms. The van der Waals surface area contributed by atoms with Crippen LogP contribution in [0.25, 0.3) is 11.3 Å². The highest BCUT2D eigenvalue weighted by Gasteiger charge is 2.20. The van der Waals surface area contributed by atoms with Crippen molar-refractivity contribution >= 4 is 10.0 Å². The van der Waals surface area contributed by atoms with Crippen molar-refractivity contribution in [3.05, 3.63) is 60.9 Å². The molecular weight excluding hydrogens is 330 g/mol. The van der Waals surface area contributed by atoms with E-state index in [1.54, 1.807) is 30.5 Å². The van der Waals surface area contributed by atoms with Gasteiger partial charge in [-0.2, -0.15) is 0 Å². The molecule has 124 valence electrons. The van der Waals surface area contributed by atoms with E-state index in [0.717, 1.165) is 5.56 Å². The van der Waals surface area contributed by atoms with Crippen LogP contribution in [0.2, 0.25) is 0 Å². The van der Waals surface area contributed by atoms with E-state index in [0.29, 0.717) is 11.4 Å². The smallest absolute Gasteiger partial charge is 0.244 e. The first-order valence-electron chi connectivity index (χ1n) is 7.07. The number of rotatable bonds is 6. The molecule has 0 unspecified atom stereocenters. The minimum absolute atomic E-state index is 0.00522. The average molecular weight is 345 g/mol. The molecule has 2 heterocycles. The lowest BCUT2D eigenvalue weighted by molar-refractivity contribution is 0.402. The van der Waals surface area contributed by atoms with Crippen molar-refractivity contribution < 1.29 is 17.6 Å². The first kappa shape index (κ1) is 16.2. The van der Waals surface area contributed by atoms with Gasteiger partial charge in [-0.25, -0.2) is 13.1 Å². The molecule has 0 saturated carbocycles. The van der Waals surface area contributed by atoms with E-state index >= 15 is 0 Å². The highest BCUT2D eigenvalue weighted by molar-refractivity contribution is 7.89. The Hall–Kier alpha value is -2.71. The summed E-state index contributed by atoms with van der Waals surface area (Å²) in [6, 6.07) is 8.15. The number of methoxy groups -OCH3 is 1. The second-order valence-corrected chi connectivity index (χ2v) is 6.57. The summed E-state index contributed by atoms with van der Waals surface area (Å²) in [5, 5.41) is 0. The van der Waals surface area contributed by atoms with Gasteiger partial charge >= 0.3 is 0 Å². The zero-order valence-corrected chi connectivity index (χ0v) is 13.7. The molecule has 1 aromatic carbocycles. The van der Waals surface area contributed by atoms with Crippen LogP contribution >= 0.6 is 0 Å². The first-order chi connectivity index (χ1) is 11.6. The SMILES string of the molecule is COc1ccccc1S(=O)(=O)NCc1nccnc1-c1ccoc1. The number of ether oxygens (including phenoxy) is 1. The Bertz CT molecular complexity index is 924. The molecule has 24 heavy (non-hydrogen) atoms. The lowest BCUT2D eigenvalue weighted by Crippen LogP contribution is -2.24. The summed E-state index contributed by atoms with van der Waals surface area (Å²) in [5.74, 6) is 0.277. The number of benzene rings is 1. The third kappa shape index (κ3) is 3.29. The normalized spacial score (nSPS) is 11.4. The molecule has 3 rings (SSSR count). The van der Waals surface area contributed by atoms with Crippen LogP contribution in [0.15, 0.2) is 64.6 Å². The van der Waals surface area contributed by atoms with Crippen molar-refractivity contribution in [3.63, 3.8) is 0 Å². The number of sulfonamides is 1. The fourth-order valence-corrected chi connectivity index (χ4v) is 3.37. The summed E-state index contributed by atoms with van der Waals surface area (Å²) in [4.78, 5) is 8.53. The number of nitrogens with one attached hydrogen (secondary N) is 1. The number of para-hydroxylation sites is 1. The van der Waals surface area contributed by atoms with Gasteiger partial charge in [-0.05, 0) is 18.2 Å². The fraction of sp³-hybridized carbons (Fsp3) is 0.125. The lowest BCUT2D eigenvalue weighted by Gasteiger charge is -2.11. The molecule has 8 heteroatoms. The van der Waals surface area contributed by atoms with Gasteiger partial charge in [0.1, 0.15) is 10.6 Å². The maximum atomic E-state index is 12.5. The Morgan fingerprint density at radius 2 is 1.96 bits per heavy atom. The van der Waals surface area contributed by atoms with Gasteiger partial charge in [-0.15, -0.1) is 0 Å². The van der Waals surface area contributed by atoms with Gasteiger partial charge in [0.25, 0.3) is 0 Å². The minimum Gasteiger partial charge on any atom is -0.495 e. The zero-order chi connectivity index (χ0) is 17.0. The summed E-state index contributed by atoms with van der Waals surface area (Å²) in [7, 11) is -2.33. The summed E-state index contributed by atoms with van der Waals surface area (Å²) < 4.78 is 37.7. The van der Waals surface area contributed by atoms with Crippen molar-refractivity contribution in [1.82, 2.24) is 14.7 Å². The van der Waals surface area contributed by atoms with Crippen LogP contribution < -0.4 is 9.46 Å². The van der Waals surface area contributed by atoms with Crippen molar-refractivity contribution in [1.29, 1.82) is 0 Å². The molecule has 0 atom stereocenters. The second kappa shape index (κ2) is 6.81. The molecular formula is C16H15N3O4S. The molecule has 1 N–H and O–H groups in total. The maximum absolute atomic E-state index is 12.5. The molecule has 7 nitrogen and oxygen atoms in total. The Labute approximate surface area is 139 Å². The van der Waals surface area contributed by atoms with E-state index in [1.165, 1.54) is 31.9 Å². The van der Waals surface area contributed by atoms with E-state index in [4.69, 9.17) is 9.15 Å². The molecule has 0 spiro atoms. The Kier molecular flexibility index (Phi) is 4.59. The van der Waals surface area contributed by atoms with Crippen LogP contribution in [0, 0.1) is 0 Å². The molecule has 0 aliphatic rings. The second-order valence-electron chi connectivity index (χ2n) is 4.84. The highest BCUT2D eigenvalue weighted by Crippen LogP contribution is 2.24. The van der Waals surface area contributed by atoms with E-state index in [9.17, 15) is 8.42 Å². The predicted octanol–water partition coefficient (Wildman–Crippen LogP) is 2.22. The summed E-state index contributed by atoms with van der Waals surface area (Å²) in [5.41, 5.74) is 1.79. The van der Waals surface area contributed by atoms with Gasteiger partial charge in [-0.3, -0.25) is 9.97 Å². The molecule has 0 aliphatic carbocycles. The van der Waals surface area contributed by atoms with Gasteiger partial charge in [0.05, 0.1) is 37.6 Å². The van der Waals surface area contributed by atoms with E-state index in [1.807, 2.05) is 0 Å². The van der Waals surface area contributed by atoms with E-state index in [-0.39, 0.29) is 17.2 Å². The van der Waals surface area contributed by atoms with Crippen LogP contribution in [0.4, 0.5) is 0 Å². The number of hydrogen-bond acceptors (Lipinski definition) is 6. The maximum Gasteiger partial charge on any atom is 0.244 e. The first-order valence-corrected chi connectivity index (χ1v) is 8.55. The Morgan fingerprint density at radius 1 is 1.17 bits per heavy atom. The molecule has 0 fully saturated rings. The van der Waals surface area contributed by atoms with Crippen molar-refractivity contribution in [2.24, 2.45) is 0 Å². The van der Waals surface area contributed by atoms with Gasteiger partial charge in [-0.1, -0.05) is 12.1 Å². The summed E-state index contributed by atoms with van der Waals surface area (Å²) in [6.45, 7) is -0.00522. The Balaban J connectivity index is 1.86. The molecule has 3 aromatic rings. The van der Waals surface area contributed by atoms with Crippen LogP contribution in [-0.2, 0) is 16.6 Å². The van der Waals surface area contributed by atoms with Crippen molar-refractivity contribution in [2.45, 2.75) is 11.4 Å². The number of furan rings is 1. The average Bonchev–Trinajstić information content (AvgIpc) is 3.15. The number of hydrogen-bond donors (Lipinski definition) is 1. The molecule has 0 amide bonds. The van der Waals surface area contributed by atoms with Crippen LogP contribution in [-0.4, -0.2) is 25.5 Å². The van der Waals surface area contributed by atoms with Crippen molar-refractivity contribution in [2.75, 3.05) is 7.11 Å². The van der Waals surface area contributed by atoms with E-state index < -0.39 is 10.0 Å². The molecule has 0 saturated heterocycles. The molecule has 2 aromatic heterocycles. The van der Waals surface area contributed by atoms with Gasteiger partial charge in [0.15, 0.2) is 0 Å². The minimum atomic E-state index is -3.75. The van der Waals surface area contributed by atoms with Gasteiger partial charge in [0, 0.05) is 18.0 Å². The lowest BCUT2D eigenvalue weighted by atomic mass is 10.2. The largest absolute Gasteiger partial charge is 0.495 e. The predicted molar refractivity (Wildman–Crippen MR) is 86.8 cm³/mol. The van der Waals surface area contributed by atoms with Crippen LogP contribution in [0.3, 0.4) is 0 Å². The summed E-state index contributed by atoms with van der Waals surface area (Å²) in [6.07, 6.45) is 6.10. The highest BCUT2D eigenvalue weighted by atomic mass is 32.2. The van der Waals surface area contributed by atoms with Gasteiger partial charge < -0.3 is 9.15 Å². The third-order valence-electron chi connectivity index (χ3n) is 3.36. The van der Waals surface area contributed by atoms with Crippen LogP contribution in [0.5, 0.6) is 5.75 Å². The van der Waals surface area contributed by atoms with Crippen LogP contribution in [0.1, 0.15) is 5.69 Å². The fourth-order valence-electron chi connectivity index (χ4n) is 2.22. The Morgan fingerprint density at radius 3 is 2.71 bits per heavy atom. The summed E-state index contributed by atoms with van der Waals surface area (Å²) >= 11 is 0.